The average molecular weight is 433 g/mol. The Balaban J connectivity index is 1.94. The highest BCUT2D eigenvalue weighted by atomic mass is 127. The molecule has 1 fully saturated rings. The van der Waals surface area contributed by atoms with Crippen LogP contribution in [0.15, 0.2) is 48.5 Å². The molecule has 0 radical (unpaired) electrons. The molecule has 24 heavy (non-hydrogen) atoms. The minimum Gasteiger partial charge on any atom is -0.353 e. The molecule has 2 unspecified atom stereocenters. The number of alkyl halides is 1. The maximum absolute atomic E-state index is 9.46. The Labute approximate surface area is 156 Å². The second-order valence-electron chi connectivity index (χ2n) is 5.89. The normalized spacial score (nSPS) is 18.8. The van der Waals surface area contributed by atoms with Gasteiger partial charge in [0.05, 0.1) is 11.6 Å². The van der Waals surface area contributed by atoms with Gasteiger partial charge in [0.25, 0.3) is 0 Å². The van der Waals surface area contributed by atoms with Crippen molar-refractivity contribution in [3.63, 3.8) is 0 Å². The monoisotopic (exact) mass is 433 g/mol. The molecule has 2 aromatic carbocycles. The van der Waals surface area contributed by atoms with Crippen LogP contribution in [0.5, 0.6) is 0 Å². The lowest BCUT2D eigenvalue weighted by Crippen LogP contribution is -2.25. The van der Waals surface area contributed by atoms with Crippen LogP contribution in [0.2, 0.25) is 0 Å². The summed E-state index contributed by atoms with van der Waals surface area (Å²) < 4.78 is 13.0. The molecule has 1 aliphatic rings. The number of nitrogens with zero attached hydrogens (tertiary/aromatic N) is 1. The molecule has 1 aliphatic heterocycles. The van der Waals surface area contributed by atoms with Gasteiger partial charge in [0.2, 0.25) is 0 Å². The molecule has 0 spiro atoms. The Morgan fingerprint density at radius 2 is 1.96 bits per heavy atom. The molecule has 0 amide bonds. The molecular formula is C20H20INO2. The molecule has 0 saturated carbocycles. The van der Waals surface area contributed by atoms with E-state index in [9.17, 15) is 5.26 Å². The predicted octanol–water partition coefficient (Wildman–Crippen LogP) is 5.13. The lowest BCUT2D eigenvalue weighted by Gasteiger charge is -2.28. The van der Waals surface area contributed by atoms with E-state index in [1.165, 1.54) is 5.56 Å². The van der Waals surface area contributed by atoms with E-state index in [-0.39, 0.29) is 12.4 Å². The average Bonchev–Trinajstić information content (AvgIpc) is 2.67. The summed E-state index contributed by atoms with van der Waals surface area (Å²) in [6.45, 7) is 0.741. The fraction of sp³-hybridized carbons (Fsp3) is 0.350. The zero-order valence-corrected chi connectivity index (χ0v) is 15.6. The molecule has 4 heteroatoms. The third kappa shape index (κ3) is 4.15. The van der Waals surface area contributed by atoms with Crippen molar-refractivity contribution in [2.24, 2.45) is 0 Å². The van der Waals surface area contributed by atoms with E-state index in [0.29, 0.717) is 5.56 Å². The van der Waals surface area contributed by atoms with E-state index >= 15 is 0 Å². The number of hydrogen-bond acceptors (Lipinski definition) is 3. The van der Waals surface area contributed by atoms with Gasteiger partial charge in [0.15, 0.2) is 6.29 Å². The summed E-state index contributed by atoms with van der Waals surface area (Å²) in [7, 11) is 0. The summed E-state index contributed by atoms with van der Waals surface area (Å²) in [5.74, 6) is 0. The van der Waals surface area contributed by atoms with Gasteiger partial charge in [0.1, 0.15) is 6.10 Å². The van der Waals surface area contributed by atoms with Crippen LogP contribution in [0.3, 0.4) is 0 Å². The molecule has 2 atom stereocenters. The first-order chi connectivity index (χ1) is 11.8. The van der Waals surface area contributed by atoms with Gasteiger partial charge in [-0.2, -0.15) is 5.26 Å². The topological polar surface area (TPSA) is 42.2 Å². The molecule has 0 N–H and O–H groups in total. The van der Waals surface area contributed by atoms with Gasteiger partial charge in [-0.1, -0.05) is 65.1 Å². The third-order valence-corrected chi connectivity index (χ3v) is 5.11. The molecule has 3 nitrogen and oxygen atoms in total. The van der Waals surface area contributed by atoms with Gasteiger partial charge >= 0.3 is 0 Å². The van der Waals surface area contributed by atoms with Crippen molar-refractivity contribution in [3.8, 4) is 6.07 Å². The zero-order chi connectivity index (χ0) is 16.8. The fourth-order valence-electron chi connectivity index (χ4n) is 2.91. The lowest BCUT2D eigenvalue weighted by molar-refractivity contribution is -0.181. The highest BCUT2D eigenvalue weighted by Gasteiger charge is 2.24. The summed E-state index contributed by atoms with van der Waals surface area (Å²) in [5, 5.41) is 9.46. The van der Waals surface area contributed by atoms with Crippen LogP contribution in [0.25, 0.3) is 0 Å². The lowest BCUT2D eigenvalue weighted by atomic mass is 9.96. The maximum Gasteiger partial charge on any atom is 0.158 e. The van der Waals surface area contributed by atoms with E-state index in [1.54, 1.807) is 0 Å². The van der Waals surface area contributed by atoms with Crippen LogP contribution in [-0.2, 0) is 13.9 Å². The maximum atomic E-state index is 9.46. The van der Waals surface area contributed by atoms with Crippen LogP contribution in [-0.4, -0.2) is 12.9 Å². The van der Waals surface area contributed by atoms with E-state index in [0.717, 1.165) is 41.4 Å². The van der Waals surface area contributed by atoms with Crippen molar-refractivity contribution in [3.05, 3.63) is 70.8 Å². The SMILES string of the molecule is N#Cc1ccccc1C(OC1CCCCO1)c1ccc(CI)cc1. The van der Waals surface area contributed by atoms with Gasteiger partial charge in [-0.05, 0) is 36.5 Å². The zero-order valence-electron chi connectivity index (χ0n) is 13.5. The molecule has 1 heterocycles. The summed E-state index contributed by atoms with van der Waals surface area (Å²) >= 11 is 2.36. The molecule has 0 aliphatic carbocycles. The van der Waals surface area contributed by atoms with Gasteiger partial charge in [-0.15, -0.1) is 0 Å². The summed E-state index contributed by atoms with van der Waals surface area (Å²) in [4.78, 5) is 0. The molecular weight excluding hydrogens is 413 g/mol. The van der Waals surface area contributed by atoms with Crippen molar-refractivity contribution >= 4 is 22.6 Å². The predicted molar refractivity (Wildman–Crippen MR) is 102 cm³/mol. The van der Waals surface area contributed by atoms with E-state index in [2.05, 4.69) is 52.9 Å². The number of rotatable bonds is 5. The molecule has 3 rings (SSSR count). The molecule has 124 valence electrons. The Morgan fingerprint density at radius 1 is 1.17 bits per heavy atom. The first-order valence-corrected chi connectivity index (χ1v) is 9.75. The van der Waals surface area contributed by atoms with Crippen LogP contribution < -0.4 is 0 Å². The van der Waals surface area contributed by atoms with E-state index in [1.807, 2.05) is 24.3 Å². The quantitative estimate of drug-likeness (QED) is 0.485. The summed E-state index contributed by atoms with van der Waals surface area (Å²) in [5.41, 5.74) is 3.88. The molecule has 2 aromatic rings. The summed E-state index contributed by atoms with van der Waals surface area (Å²) in [6.07, 6.45) is 2.61. The first-order valence-electron chi connectivity index (χ1n) is 8.22. The fourth-order valence-corrected chi connectivity index (χ4v) is 3.42. The largest absolute Gasteiger partial charge is 0.353 e. The first kappa shape index (κ1) is 17.4. The number of nitriles is 1. The highest BCUT2D eigenvalue weighted by molar-refractivity contribution is 14.1. The number of ether oxygens (including phenoxy) is 2. The van der Waals surface area contributed by atoms with Gasteiger partial charge in [-0.3, -0.25) is 0 Å². The van der Waals surface area contributed by atoms with Gasteiger partial charge in [-0.25, -0.2) is 0 Å². The van der Waals surface area contributed by atoms with Crippen molar-refractivity contribution in [2.75, 3.05) is 6.61 Å². The van der Waals surface area contributed by atoms with Gasteiger partial charge in [0, 0.05) is 16.6 Å². The number of halogens is 1. The van der Waals surface area contributed by atoms with Crippen molar-refractivity contribution in [1.29, 1.82) is 5.26 Å². The standard InChI is InChI=1S/C20H20INO2/c21-13-15-8-10-16(11-9-15)20(24-19-7-3-4-12-23-19)18-6-2-1-5-17(18)14-22/h1-2,5-6,8-11,19-20H,3-4,7,12-13H2. The second-order valence-corrected chi connectivity index (χ2v) is 6.65. The van der Waals surface area contributed by atoms with E-state index < -0.39 is 0 Å². The smallest absolute Gasteiger partial charge is 0.158 e. The molecule has 0 bridgehead atoms. The number of hydrogen-bond donors (Lipinski definition) is 0. The Morgan fingerprint density at radius 3 is 2.62 bits per heavy atom. The van der Waals surface area contributed by atoms with Crippen LogP contribution in [0, 0.1) is 11.3 Å². The van der Waals surface area contributed by atoms with Crippen LogP contribution >= 0.6 is 22.6 Å². The molecule has 0 aromatic heterocycles. The Bertz CT molecular complexity index is 702. The Kier molecular flexibility index (Phi) is 6.24. The number of benzene rings is 2. The van der Waals surface area contributed by atoms with Crippen molar-refractivity contribution in [2.45, 2.75) is 36.1 Å². The summed E-state index contributed by atoms with van der Waals surface area (Å²) in [6, 6.07) is 18.4. The molecule has 1 saturated heterocycles. The highest BCUT2D eigenvalue weighted by Crippen LogP contribution is 2.32. The minimum absolute atomic E-state index is 0.209. The van der Waals surface area contributed by atoms with Crippen LogP contribution in [0.4, 0.5) is 0 Å². The minimum atomic E-state index is -0.285. The van der Waals surface area contributed by atoms with E-state index in [4.69, 9.17) is 9.47 Å². The second kappa shape index (κ2) is 8.61. The third-order valence-electron chi connectivity index (χ3n) is 4.23. The van der Waals surface area contributed by atoms with Crippen molar-refractivity contribution in [1.82, 2.24) is 0 Å². The van der Waals surface area contributed by atoms with Crippen LogP contribution in [0.1, 0.15) is 47.6 Å². The van der Waals surface area contributed by atoms with Crippen molar-refractivity contribution < 1.29 is 9.47 Å². The van der Waals surface area contributed by atoms with Gasteiger partial charge < -0.3 is 9.47 Å². The Hall–Kier alpha value is -1.42.